The van der Waals surface area contributed by atoms with Crippen LogP contribution in [0.3, 0.4) is 0 Å². The lowest BCUT2D eigenvalue weighted by molar-refractivity contribution is 1.74. The number of hydrogen-bond donors (Lipinski definition) is 0. The summed E-state index contributed by atoms with van der Waals surface area (Å²) in [6, 6.07) is 62.6. The second-order valence-electron chi connectivity index (χ2n) is 9.55. The first-order valence-corrected chi connectivity index (χ1v) is 18.0. The van der Waals surface area contributed by atoms with Crippen molar-refractivity contribution in [1.29, 1.82) is 0 Å². The molecule has 0 nitrogen and oxygen atoms in total. The zero-order chi connectivity index (χ0) is 27.1. The van der Waals surface area contributed by atoms with Crippen molar-refractivity contribution in [3.8, 4) is 0 Å². The van der Waals surface area contributed by atoms with Crippen molar-refractivity contribution < 1.29 is 0 Å². The van der Waals surface area contributed by atoms with Gasteiger partial charge in [0.1, 0.15) is 0 Å². The smallest absolute Gasteiger partial charge is 0.00709 e. The van der Waals surface area contributed by atoms with E-state index in [0.717, 1.165) is 0 Å². The minimum atomic E-state index is -0.681. The fraction of sp³-hybridized carbons (Fsp3) is 0.0270. The molecule has 194 valence electrons. The molecular weight excluding hydrogens is 537 g/mol. The van der Waals surface area contributed by atoms with E-state index < -0.39 is 23.8 Å². The van der Waals surface area contributed by atoms with Gasteiger partial charge in [0.25, 0.3) is 0 Å². The lowest BCUT2D eigenvalue weighted by Crippen LogP contribution is -2.36. The molecule has 0 unspecified atom stereocenters. The first-order chi connectivity index (χ1) is 19.8. The Hall–Kier alpha value is -3.39. The van der Waals surface area contributed by atoms with Crippen molar-refractivity contribution in [3.63, 3.8) is 0 Å². The molecule has 0 aromatic heterocycles. The van der Waals surface area contributed by atoms with E-state index in [1.165, 1.54) is 42.4 Å². The SMILES string of the molecule is CP(c1ccccc1P(c1ccccc1)c1ccccc1)c1ccccc1P(c1ccccc1)c1ccccc1. The molecule has 0 spiro atoms. The van der Waals surface area contributed by atoms with Gasteiger partial charge in [-0.05, 0) is 72.9 Å². The van der Waals surface area contributed by atoms with E-state index in [9.17, 15) is 0 Å². The number of benzene rings is 6. The molecule has 0 radical (unpaired) electrons. The van der Waals surface area contributed by atoms with Gasteiger partial charge < -0.3 is 0 Å². The molecule has 0 saturated heterocycles. The lowest BCUT2D eigenvalue weighted by Gasteiger charge is -2.28. The van der Waals surface area contributed by atoms with Crippen LogP contribution in [-0.2, 0) is 0 Å². The highest BCUT2D eigenvalue weighted by molar-refractivity contribution is 7.85. The quantitative estimate of drug-likeness (QED) is 0.190. The van der Waals surface area contributed by atoms with Crippen LogP contribution in [0.15, 0.2) is 170 Å². The van der Waals surface area contributed by atoms with Crippen LogP contribution in [0.4, 0.5) is 0 Å². The zero-order valence-corrected chi connectivity index (χ0v) is 25.2. The maximum absolute atomic E-state index is 2.46. The van der Waals surface area contributed by atoms with E-state index in [1.807, 2.05) is 0 Å². The molecule has 6 aromatic carbocycles. The van der Waals surface area contributed by atoms with E-state index in [4.69, 9.17) is 0 Å². The number of rotatable bonds is 8. The van der Waals surface area contributed by atoms with Crippen LogP contribution in [0.25, 0.3) is 0 Å². The first-order valence-electron chi connectivity index (χ1n) is 13.5. The lowest BCUT2D eigenvalue weighted by atomic mass is 10.3. The molecule has 40 heavy (non-hydrogen) atoms. The van der Waals surface area contributed by atoms with Gasteiger partial charge in [0.2, 0.25) is 0 Å². The molecule has 0 aliphatic heterocycles. The number of hydrogen-bond acceptors (Lipinski definition) is 0. The van der Waals surface area contributed by atoms with E-state index in [2.05, 4.69) is 177 Å². The van der Waals surface area contributed by atoms with Crippen LogP contribution in [0, 0.1) is 0 Å². The largest absolute Gasteiger partial charge is 0.0622 e. The van der Waals surface area contributed by atoms with Gasteiger partial charge in [-0.25, -0.2) is 0 Å². The van der Waals surface area contributed by atoms with Gasteiger partial charge in [-0.1, -0.05) is 170 Å². The molecular formula is C37H31P3. The first kappa shape index (κ1) is 26.8. The summed E-state index contributed by atoms with van der Waals surface area (Å²) >= 11 is 0. The molecule has 3 heteroatoms. The maximum Gasteiger partial charge on any atom is -0.00709 e. The normalized spacial score (nSPS) is 11.3. The van der Waals surface area contributed by atoms with Crippen LogP contribution in [-0.4, -0.2) is 6.66 Å². The van der Waals surface area contributed by atoms with Crippen molar-refractivity contribution >= 4 is 66.2 Å². The van der Waals surface area contributed by atoms with Crippen molar-refractivity contribution in [2.75, 3.05) is 6.66 Å². The average Bonchev–Trinajstić information content (AvgIpc) is 3.04. The second kappa shape index (κ2) is 12.9. The third kappa shape index (κ3) is 5.73. The van der Waals surface area contributed by atoms with Gasteiger partial charge in [0.15, 0.2) is 0 Å². The fourth-order valence-electron chi connectivity index (χ4n) is 5.17. The fourth-order valence-corrected chi connectivity index (χ4v) is 13.0. The summed E-state index contributed by atoms with van der Waals surface area (Å²) in [5, 5.41) is 11.4. The Morgan fingerprint density at radius 1 is 0.275 bits per heavy atom. The Balaban J connectivity index is 1.51. The van der Waals surface area contributed by atoms with Crippen molar-refractivity contribution in [3.05, 3.63) is 170 Å². The molecule has 0 heterocycles. The maximum atomic E-state index is 2.46. The third-order valence-corrected chi connectivity index (χ3v) is 14.6. The van der Waals surface area contributed by atoms with Crippen LogP contribution < -0.4 is 42.4 Å². The molecule has 0 atom stereocenters. The van der Waals surface area contributed by atoms with Gasteiger partial charge in [-0.3, -0.25) is 0 Å². The molecule has 0 fully saturated rings. The topological polar surface area (TPSA) is 0 Å². The summed E-state index contributed by atoms with van der Waals surface area (Å²) in [7, 11) is -1.97. The Bertz CT molecular complexity index is 1450. The molecule has 6 aromatic rings. The van der Waals surface area contributed by atoms with Gasteiger partial charge in [0, 0.05) is 0 Å². The monoisotopic (exact) mass is 568 g/mol. The minimum Gasteiger partial charge on any atom is -0.0622 e. The Kier molecular flexibility index (Phi) is 8.62. The highest BCUT2D eigenvalue weighted by Crippen LogP contribution is 2.40. The predicted octanol–water partition coefficient (Wildman–Crippen LogP) is 6.27. The molecule has 0 amide bonds. The van der Waals surface area contributed by atoms with E-state index in [-0.39, 0.29) is 0 Å². The Morgan fingerprint density at radius 2 is 0.500 bits per heavy atom. The summed E-state index contributed by atoms with van der Waals surface area (Å²) in [4.78, 5) is 0. The van der Waals surface area contributed by atoms with Crippen LogP contribution in [0.2, 0.25) is 0 Å². The molecule has 0 aliphatic rings. The Morgan fingerprint density at radius 3 is 0.775 bits per heavy atom. The molecule has 0 N–H and O–H groups in total. The average molecular weight is 569 g/mol. The highest BCUT2D eigenvalue weighted by Gasteiger charge is 2.26. The second-order valence-corrected chi connectivity index (χ2v) is 16.0. The van der Waals surface area contributed by atoms with Crippen LogP contribution in [0.1, 0.15) is 0 Å². The standard InChI is InChI=1S/C37H31P3/c1-38(34-26-14-16-28-36(34)39(30-18-6-2-7-19-30)31-20-8-3-9-21-31)35-27-15-17-29-37(35)40(32-22-10-4-11-23-32)33-24-12-5-13-25-33/h2-29H,1H3. The van der Waals surface area contributed by atoms with Crippen molar-refractivity contribution in [1.82, 2.24) is 0 Å². The van der Waals surface area contributed by atoms with Gasteiger partial charge >= 0.3 is 0 Å². The predicted molar refractivity (Wildman–Crippen MR) is 182 cm³/mol. The summed E-state index contributed by atoms with van der Waals surface area (Å²) in [5.74, 6) is 0. The van der Waals surface area contributed by atoms with E-state index in [0.29, 0.717) is 0 Å². The van der Waals surface area contributed by atoms with Crippen molar-refractivity contribution in [2.24, 2.45) is 0 Å². The summed E-state index contributed by atoms with van der Waals surface area (Å²) < 4.78 is 0. The zero-order valence-electron chi connectivity index (χ0n) is 22.5. The summed E-state index contributed by atoms with van der Waals surface area (Å²) in [6.45, 7) is 2.46. The minimum absolute atomic E-state index is 0.606. The molecule has 0 saturated carbocycles. The third-order valence-electron chi connectivity index (χ3n) is 7.03. The van der Waals surface area contributed by atoms with E-state index in [1.54, 1.807) is 0 Å². The Labute approximate surface area is 242 Å². The van der Waals surface area contributed by atoms with E-state index >= 15 is 0 Å². The summed E-state index contributed by atoms with van der Waals surface area (Å²) in [6.07, 6.45) is 0. The summed E-state index contributed by atoms with van der Waals surface area (Å²) in [5.41, 5.74) is 0. The molecule has 0 bridgehead atoms. The van der Waals surface area contributed by atoms with Gasteiger partial charge in [-0.2, -0.15) is 0 Å². The van der Waals surface area contributed by atoms with Crippen molar-refractivity contribution in [2.45, 2.75) is 0 Å². The van der Waals surface area contributed by atoms with Gasteiger partial charge in [-0.15, -0.1) is 0 Å². The van der Waals surface area contributed by atoms with Gasteiger partial charge in [0.05, 0.1) is 0 Å². The molecule has 6 rings (SSSR count). The van der Waals surface area contributed by atoms with Crippen LogP contribution >= 0.6 is 23.8 Å². The highest BCUT2D eigenvalue weighted by atomic mass is 31.1. The van der Waals surface area contributed by atoms with Crippen LogP contribution in [0.5, 0.6) is 0 Å². The molecule has 0 aliphatic carbocycles.